The largest absolute Gasteiger partial charge is 0.381 e. The third-order valence-corrected chi connectivity index (χ3v) is 4.09. The van der Waals surface area contributed by atoms with E-state index in [-0.39, 0.29) is 11.4 Å². The Morgan fingerprint density at radius 3 is 2.85 bits per heavy atom. The maximum atomic E-state index is 8.46. The number of hydrogen-bond acceptors (Lipinski definition) is 4. The van der Waals surface area contributed by atoms with E-state index in [2.05, 4.69) is 20.9 Å². The van der Waals surface area contributed by atoms with Crippen LogP contribution >= 0.6 is 15.9 Å². The van der Waals surface area contributed by atoms with Crippen LogP contribution in [-0.2, 0) is 4.74 Å². The van der Waals surface area contributed by atoms with Crippen LogP contribution in [0.5, 0.6) is 0 Å². The van der Waals surface area contributed by atoms with Gasteiger partial charge in [-0.3, -0.25) is 20.4 Å². The summed E-state index contributed by atoms with van der Waals surface area (Å²) in [7, 11) is 0. The first-order valence-corrected chi connectivity index (χ1v) is 7.34. The highest BCUT2D eigenvalue weighted by atomic mass is 79.9. The van der Waals surface area contributed by atoms with E-state index in [1.165, 1.54) is 6.20 Å². The molecule has 5 nitrogen and oxygen atoms in total. The van der Waals surface area contributed by atoms with Crippen LogP contribution in [0.2, 0.25) is 0 Å². The van der Waals surface area contributed by atoms with E-state index in [0.29, 0.717) is 19.0 Å². The highest BCUT2D eigenvalue weighted by Crippen LogP contribution is 2.21. The Hall–Kier alpha value is -1.53. The van der Waals surface area contributed by atoms with E-state index in [4.69, 9.17) is 15.6 Å². The molecule has 1 aliphatic heterocycles. The number of hydrogen-bond donors (Lipinski definition) is 2. The number of fused-ring (bicyclic) bond motifs is 1. The van der Waals surface area contributed by atoms with E-state index in [0.717, 1.165) is 28.3 Å². The molecule has 0 radical (unpaired) electrons. The molecule has 3 rings (SSSR count). The van der Waals surface area contributed by atoms with Gasteiger partial charge < -0.3 is 4.74 Å². The number of halogens is 1. The zero-order chi connectivity index (χ0) is 14.1. The van der Waals surface area contributed by atoms with Crippen molar-refractivity contribution in [3.8, 4) is 0 Å². The van der Waals surface area contributed by atoms with Crippen LogP contribution in [0.15, 0.2) is 28.9 Å². The minimum atomic E-state index is 0.141. The van der Waals surface area contributed by atoms with Crippen molar-refractivity contribution in [2.24, 2.45) is 5.92 Å². The molecule has 0 aliphatic carbocycles. The van der Waals surface area contributed by atoms with Gasteiger partial charge in [0.2, 0.25) is 0 Å². The Morgan fingerprint density at radius 1 is 1.35 bits per heavy atom. The van der Waals surface area contributed by atoms with Gasteiger partial charge in [0.1, 0.15) is 11.3 Å². The summed E-state index contributed by atoms with van der Waals surface area (Å²) >= 11 is 3.44. The van der Waals surface area contributed by atoms with E-state index < -0.39 is 0 Å². The minimum absolute atomic E-state index is 0.141. The average Bonchev–Trinajstić information content (AvgIpc) is 2.47. The predicted molar refractivity (Wildman–Crippen MR) is 80.0 cm³/mol. The van der Waals surface area contributed by atoms with Crippen LogP contribution in [0.1, 0.15) is 12.8 Å². The van der Waals surface area contributed by atoms with Gasteiger partial charge in [0, 0.05) is 23.6 Å². The molecule has 0 saturated carbocycles. The van der Waals surface area contributed by atoms with Crippen molar-refractivity contribution in [2.75, 3.05) is 13.2 Å². The molecule has 0 spiro atoms. The van der Waals surface area contributed by atoms with Gasteiger partial charge in [0.05, 0.1) is 17.2 Å². The quantitative estimate of drug-likeness (QED) is 0.621. The van der Waals surface area contributed by atoms with Crippen LogP contribution < -0.4 is 5.49 Å². The second-order valence-corrected chi connectivity index (χ2v) is 5.80. The Labute approximate surface area is 124 Å². The highest BCUT2D eigenvalue weighted by molar-refractivity contribution is 9.10. The van der Waals surface area contributed by atoms with Crippen molar-refractivity contribution in [3.63, 3.8) is 0 Å². The molecule has 0 atom stereocenters. The number of rotatable bonds is 1. The lowest BCUT2D eigenvalue weighted by Gasteiger charge is -2.24. The van der Waals surface area contributed by atoms with Crippen molar-refractivity contribution < 1.29 is 4.74 Å². The van der Waals surface area contributed by atoms with Gasteiger partial charge >= 0.3 is 0 Å². The van der Waals surface area contributed by atoms with Crippen molar-refractivity contribution in [1.82, 2.24) is 9.55 Å². The lowest BCUT2D eigenvalue weighted by atomic mass is 9.98. The van der Waals surface area contributed by atoms with Crippen molar-refractivity contribution in [3.05, 3.63) is 34.4 Å². The van der Waals surface area contributed by atoms with Crippen molar-refractivity contribution in [2.45, 2.75) is 12.8 Å². The minimum Gasteiger partial charge on any atom is -0.381 e. The van der Waals surface area contributed by atoms with Gasteiger partial charge in [0.15, 0.2) is 0 Å². The van der Waals surface area contributed by atoms with Gasteiger partial charge in [-0.2, -0.15) is 0 Å². The summed E-state index contributed by atoms with van der Waals surface area (Å²) < 4.78 is 7.96. The Bertz CT molecular complexity index is 719. The smallest absolute Gasteiger partial charge is 0.149 e. The molecular weight excluding hydrogens is 320 g/mol. The normalized spacial score (nSPS) is 16.4. The average molecular weight is 335 g/mol. The standard InChI is InChI=1S/C14H15BrN4O/c15-10-1-2-11-12(7-10)19(13(16)8-18-11)14(17)9-3-5-20-6-4-9/h1-2,7-9,16-17H,3-6H2. The fourth-order valence-electron chi connectivity index (χ4n) is 2.52. The number of ether oxygens (including phenoxy) is 1. The third-order valence-electron chi connectivity index (χ3n) is 3.59. The molecule has 1 saturated heterocycles. The summed E-state index contributed by atoms with van der Waals surface area (Å²) in [5, 5.41) is 16.5. The topological polar surface area (TPSA) is 74.8 Å². The molecule has 104 valence electrons. The zero-order valence-electron chi connectivity index (χ0n) is 10.9. The predicted octanol–water partition coefficient (Wildman–Crippen LogP) is 2.53. The Morgan fingerprint density at radius 2 is 2.10 bits per heavy atom. The molecule has 0 bridgehead atoms. The molecule has 2 N–H and O–H groups in total. The van der Waals surface area contributed by atoms with E-state index >= 15 is 0 Å². The van der Waals surface area contributed by atoms with Gasteiger partial charge in [-0.25, -0.2) is 0 Å². The molecule has 6 heteroatoms. The maximum absolute atomic E-state index is 8.46. The Kier molecular flexibility index (Phi) is 3.67. The van der Waals surface area contributed by atoms with Crippen LogP contribution in [0, 0.1) is 16.7 Å². The molecule has 1 aromatic heterocycles. The van der Waals surface area contributed by atoms with Crippen LogP contribution in [0.25, 0.3) is 11.0 Å². The van der Waals surface area contributed by atoms with Crippen LogP contribution in [0.4, 0.5) is 0 Å². The second-order valence-electron chi connectivity index (χ2n) is 4.88. The second kappa shape index (κ2) is 5.46. The van der Waals surface area contributed by atoms with E-state index in [9.17, 15) is 0 Å². The molecule has 1 aromatic carbocycles. The number of nitrogens with one attached hydrogen (secondary N) is 2. The number of aromatic nitrogens is 2. The molecule has 2 heterocycles. The molecule has 0 unspecified atom stereocenters. The van der Waals surface area contributed by atoms with Crippen molar-refractivity contribution in [1.29, 1.82) is 10.8 Å². The van der Waals surface area contributed by atoms with Gasteiger partial charge in [-0.15, -0.1) is 0 Å². The van der Waals surface area contributed by atoms with Gasteiger partial charge in [-0.05, 0) is 31.0 Å². The van der Waals surface area contributed by atoms with Crippen molar-refractivity contribution >= 4 is 32.8 Å². The summed E-state index contributed by atoms with van der Waals surface area (Å²) in [6, 6.07) is 5.72. The summed E-state index contributed by atoms with van der Waals surface area (Å²) in [6.45, 7) is 1.38. The SMILES string of the molecule is N=C(C1CCOCC1)n1c(=N)cnc2ccc(Br)cc21. The first kappa shape index (κ1) is 13.5. The first-order valence-electron chi connectivity index (χ1n) is 6.55. The summed E-state index contributed by atoms with van der Waals surface area (Å²) in [5.41, 5.74) is 1.83. The fourth-order valence-corrected chi connectivity index (χ4v) is 2.87. The molecule has 20 heavy (non-hydrogen) atoms. The number of nitrogens with zero attached hydrogens (tertiary/aromatic N) is 2. The highest BCUT2D eigenvalue weighted by Gasteiger charge is 2.21. The van der Waals surface area contributed by atoms with E-state index in [1.54, 1.807) is 4.57 Å². The Balaban J connectivity index is 2.13. The monoisotopic (exact) mass is 334 g/mol. The molecule has 0 amide bonds. The lowest BCUT2D eigenvalue weighted by molar-refractivity contribution is 0.0819. The maximum Gasteiger partial charge on any atom is 0.149 e. The first-order chi connectivity index (χ1) is 9.66. The molecular formula is C14H15BrN4O. The zero-order valence-corrected chi connectivity index (χ0v) is 12.5. The van der Waals surface area contributed by atoms with Crippen LogP contribution in [0.3, 0.4) is 0 Å². The van der Waals surface area contributed by atoms with Gasteiger partial charge in [0.25, 0.3) is 0 Å². The van der Waals surface area contributed by atoms with Crippen LogP contribution in [-0.4, -0.2) is 28.6 Å². The van der Waals surface area contributed by atoms with Gasteiger partial charge in [-0.1, -0.05) is 15.9 Å². The summed E-state index contributed by atoms with van der Waals surface area (Å²) in [6.07, 6.45) is 3.18. The fraction of sp³-hybridized carbons (Fsp3) is 0.357. The molecule has 2 aromatic rings. The lowest BCUT2D eigenvalue weighted by Crippen LogP contribution is -2.35. The number of benzene rings is 1. The summed E-state index contributed by atoms with van der Waals surface area (Å²) in [5.74, 6) is 0.603. The molecule has 1 aliphatic rings. The summed E-state index contributed by atoms with van der Waals surface area (Å²) in [4.78, 5) is 4.26. The molecule has 1 fully saturated rings. The van der Waals surface area contributed by atoms with E-state index in [1.807, 2.05) is 18.2 Å². The third kappa shape index (κ3) is 2.41.